The lowest BCUT2D eigenvalue weighted by atomic mass is 9.83. The fourth-order valence-corrected chi connectivity index (χ4v) is 3.27. The highest BCUT2D eigenvalue weighted by Crippen LogP contribution is 2.24. The Morgan fingerprint density at radius 1 is 1.42 bits per heavy atom. The first-order valence-corrected chi connectivity index (χ1v) is 8.84. The molecule has 2 rings (SSSR count). The molecule has 1 amide bonds. The van der Waals surface area contributed by atoms with Gasteiger partial charge in [0.15, 0.2) is 0 Å². The number of aliphatic hydroxyl groups excluding tert-OH is 1. The summed E-state index contributed by atoms with van der Waals surface area (Å²) in [5, 5.41) is 12.3. The summed E-state index contributed by atoms with van der Waals surface area (Å²) < 4.78 is 13.4. The molecule has 0 saturated carbocycles. The molecule has 0 bridgehead atoms. The zero-order valence-electron chi connectivity index (χ0n) is 14.7. The third-order valence-corrected chi connectivity index (χ3v) is 4.98. The molecule has 1 saturated heterocycles. The van der Waals surface area contributed by atoms with Crippen molar-refractivity contribution in [3.63, 3.8) is 0 Å². The van der Waals surface area contributed by atoms with Crippen molar-refractivity contribution in [2.75, 3.05) is 26.2 Å². The van der Waals surface area contributed by atoms with E-state index in [1.807, 2.05) is 13.8 Å². The van der Waals surface area contributed by atoms with Gasteiger partial charge < -0.3 is 10.4 Å². The lowest BCUT2D eigenvalue weighted by molar-refractivity contribution is -0.125. The fourth-order valence-electron chi connectivity index (χ4n) is 3.27. The van der Waals surface area contributed by atoms with Gasteiger partial charge >= 0.3 is 0 Å². The summed E-state index contributed by atoms with van der Waals surface area (Å²) in [6.45, 7) is 6.51. The Labute approximate surface area is 144 Å². The van der Waals surface area contributed by atoms with E-state index in [1.54, 1.807) is 12.1 Å². The SMILES string of the molecule is CC(C)(C(=O)NCCCCN1CCCC1CO)c1cccc(F)c1. The third-order valence-electron chi connectivity index (χ3n) is 4.98. The van der Waals surface area contributed by atoms with Crippen LogP contribution in [0.1, 0.15) is 45.1 Å². The van der Waals surface area contributed by atoms with E-state index in [9.17, 15) is 14.3 Å². The molecule has 134 valence electrons. The number of benzene rings is 1. The predicted molar refractivity (Wildman–Crippen MR) is 93.4 cm³/mol. The van der Waals surface area contributed by atoms with Gasteiger partial charge in [-0.25, -0.2) is 4.39 Å². The van der Waals surface area contributed by atoms with Crippen LogP contribution in [0.3, 0.4) is 0 Å². The average molecular weight is 336 g/mol. The van der Waals surface area contributed by atoms with Crippen molar-refractivity contribution >= 4 is 5.91 Å². The van der Waals surface area contributed by atoms with Crippen molar-refractivity contribution in [2.24, 2.45) is 0 Å². The van der Waals surface area contributed by atoms with Gasteiger partial charge in [-0.2, -0.15) is 0 Å². The van der Waals surface area contributed by atoms with Crippen molar-refractivity contribution in [2.45, 2.75) is 51.0 Å². The van der Waals surface area contributed by atoms with Crippen LogP contribution in [0.25, 0.3) is 0 Å². The smallest absolute Gasteiger partial charge is 0.230 e. The van der Waals surface area contributed by atoms with Crippen LogP contribution in [0, 0.1) is 5.82 Å². The molecular formula is C19H29FN2O2. The van der Waals surface area contributed by atoms with E-state index in [0.29, 0.717) is 18.2 Å². The third kappa shape index (κ3) is 4.77. The molecule has 1 unspecified atom stereocenters. The first kappa shape index (κ1) is 18.9. The summed E-state index contributed by atoms with van der Waals surface area (Å²) in [6.07, 6.45) is 4.13. The summed E-state index contributed by atoms with van der Waals surface area (Å²) in [4.78, 5) is 14.7. The van der Waals surface area contributed by atoms with E-state index < -0.39 is 5.41 Å². The Bertz CT molecular complexity index is 548. The largest absolute Gasteiger partial charge is 0.395 e. The molecule has 24 heavy (non-hydrogen) atoms. The molecule has 1 atom stereocenters. The topological polar surface area (TPSA) is 52.6 Å². The lowest BCUT2D eigenvalue weighted by Gasteiger charge is -2.25. The van der Waals surface area contributed by atoms with Gasteiger partial charge in [0, 0.05) is 12.6 Å². The van der Waals surface area contributed by atoms with Crippen LogP contribution in [0.15, 0.2) is 24.3 Å². The van der Waals surface area contributed by atoms with Gasteiger partial charge in [0.2, 0.25) is 5.91 Å². The summed E-state index contributed by atoms with van der Waals surface area (Å²) in [5.41, 5.74) is -0.0678. The molecule has 1 aromatic rings. The van der Waals surface area contributed by atoms with Crippen molar-refractivity contribution in [3.8, 4) is 0 Å². The van der Waals surface area contributed by atoms with Crippen molar-refractivity contribution < 1.29 is 14.3 Å². The molecule has 0 aromatic heterocycles. The maximum absolute atomic E-state index is 13.4. The highest BCUT2D eigenvalue weighted by atomic mass is 19.1. The fraction of sp³-hybridized carbons (Fsp3) is 0.632. The number of hydrogen-bond donors (Lipinski definition) is 2. The number of carbonyl (C=O) groups is 1. The van der Waals surface area contributed by atoms with Gasteiger partial charge in [-0.1, -0.05) is 12.1 Å². The minimum atomic E-state index is -0.751. The number of carbonyl (C=O) groups excluding carboxylic acids is 1. The van der Waals surface area contributed by atoms with Crippen LogP contribution in [0.2, 0.25) is 0 Å². The normalized spacial score (nSPS) is 18.8. The molecule has 0 spiro atoms. The predicted octanol–water partition coefficient (Wildman–Crippen LogP) is 2.46. The summed E-state index contributed by atoms with van der Waals surface area (Å²) >= 11 is 0. The summed E-state index contributed by atoms with van der Waals surface area (Å²) in [6, 6.07) is 6.53. The molecule has 1 aromatic carbocycles. The highest BCUT2D eigenvalue weighted by Gasteiger charge is 2.29. The van der Waals surface area contributed by atoms with E-state index in [-0.39, 0.29) is 18.3 Å². The van der Waals surface area contributed by atoms with E-state index in [0.717, 1.165) is 38.8 Å². The molecule has 5 heteroatoms. The monoisotopic (exact) mass is 336 g/mol. The minimum absolute atomic E-state index is 0.0810. The number of amides is 1. The van der Waals surface area contributed by atoms with Crippen LogP contribution >= 0.6 is 0 Å². The zero-order chi connectivity index (χ0) is 17.6. The number of rotatable bonds is 8. The second-order valence-corrected chi connectivity index (χ2v) is 7.11. The number of nitrogens with zero attached hydrogens (tertiary/aromatic N) is 1. The van der Waals surface area contributed by atoms with Crippen LogP contribution < -0.4 is 5.32 Å². The highest BCUT2D eigenvalue weighted by molar-refractivity contribution is 5.87. The van der Waals surface area contributed by atoms with Gasteiger partial charge in [-0.3, -0.25) is 9.69 Å². The molecule has 0 radical (unpaired) electrons. The maximum atomic E-state index is 13.4. The molecule has 1 heterocycles. The molecule has 4 nitrogen and oxygen atoms in total. The number of aliphatic hydroxyl groups is 1. The number of nitrogens with one attached hydrogen (secondary N) is 1. The first-order chi connectivity index (χ1) is 11.4. The van der Waals surface area contributed by atoms with Gasteiger partial charge in [0.1, 0.15) is 5.82 Å². The van der Waals surface area contributed by atoms with Crippen LogP contribution in [-0.4, -0.2) is 48.2 Å². The number of halogens is 1. The first-order valence-electron chi connectivity index (χ1n) is 8.84. The molecule has 1 aliphatic rings. The van der Waals surface area contributed by atoms with Crippen molar-refractivity contribution in [1.82, 2.24) is 10.2 Å². The number of likely N-dealkylation sites (tertiary alicyclic amines) is 1. The van der Waals surface area contributed by atoms with Gasteiger partial charge in [-0.15, -0.1) is 0 Å². The van der Waals surface area contributed by atoms with Crippen LogP contribution in [-0.2, 0) is 10.2 Å². The average Bonchev–Trinajstić information content (AvgIpc) is 3.01. The Kier molecular flexibility index (Phi) is 6.75. The Balaban J connectivity index is 1.72. The molecule has 2 N–H and O–H groups in total. The molecule has 0 aliphatic carbocycles. The minimum Gasteiger partial charge on any atom is -0.395 e. The summed E-state index contributed by atoms with van der Waals surface area (Å²) in [7, 11) is 0. The van der Waals surface area contributed by atoms with E-state index in [4.69, 9.17) is 0 Å². The Morgan fingerprint density at radius 3 is 2.92 bits per heavy atom. The quantitative estimate of drug-likeness (QED) is 0.717. The lowest BCUT2D eigenvalue weighted by Crippen LogP contribution is -2.40. The number of hydrogen-bond acceptors (Lipinski definition) is 3. The molecular weight excluding hydrogens is 307 g/mol. The van der Waals surface area contributed by atoms with Crippen molar-refractivity contribution in [3.05, 3.63) is 35.6 Å². The van der Waals surface area contributed by atoms with Gasteiger partial charge in [-0.05, 0) is 70.3 Å². The maximum Gasteiger partial charge on any atom is 0.230 e. The standard InChI is InChI=1S/C19H29FN2O2/c1-19(2,15-7-5-8-16(20)13-15)18(24)21-10-3-4-11-22-12-6-9-17(22)14-23/h5,7-8,13,17,23H,3-4,6,9-12,14H2,1-2H3,(H,21,24). The summed E-state index contributed by atoms with van der Waals surface area (Å²) in [5.74, 6) is -0.403. The van der Waals surface area contributed by atoms with Crippen LogP contribution in [0.5, 0.6) is 0 Å². The van der Waals surface area contributed by atoms with Gasteiger partial charge in [0.25, 0.3) is 0 Å². The number of unbranched alkanes of at least 4 members (excludes halogenated alkanes) is 1. The Hall–Kier alpha value is -1.46. The molecule has 1 aliphatic heterocycles. The zero-order valence-corrected chi connectivity index (χ0v) is 14.7. The van der Waals surface area contributed by atoms with Crippen molar-refractivity contribution in [1.29, 1.82) is 0 Å². The van der Waals surface area contributed by atoms with E-state index in [1.165, 1.54) is 12.1 Å². The van der Waals surface area contributed by atoms with E-state index in [2.05, 4.69) is 10.2 Å². The van der Waals surface area contributed by atoms with Gasteiger partial charge in [0.05, 0.1) is 12.0 Å². The second-order valence-electron chi connectivity index (χ2n) is 7.11. The van der Waals surface area contributed by atoms with E-state index >= 15 is 0 Å². The second kappa shape index (κ2) is 8.58. The van der Waals surface area contributed by atoms with Crippen LogP contribution in [0.4, 0.5) is 4.39 Å². The molecule has 1 fully saturated rings. The Morgan fingerprint density at radius 2 is 2.21 bits per heavy atom.